The Labute approximate surface area is 182 Å². The van der Waals surface area contributed by atoms with E-state index >= 15 is 0 Å². The van der Waals surface area contributed by atoms with Gasteiger partial charge in [0, 0.05) is 18.7 Å². The Hall–Kier alpha value is -1.75. The summed E-state index contributed by atoms with van der Waals surface area (Å²) >= 11 is 12.2. The first-order chi connectivity index (χ1) is 14.1. The lowest BCUT2D eigenvalue weighted by Gasteiger charge is -2.40. The molecule has 4 nitrogen and oxygen atoms in total. The number of ether oxygens (including phenoxy) is 1. The van der Waals surface area contributed by atoms with Gasteiger partial charge >= 0.3 is 0 Å². The van der Waals surface area contributed by atoms with E-state index < -0.39 is 0 Å². The molecule has 1 saturated heterocycles. The number of hydrogen-bond donors (Lipinski definition) is 0. The molecule has 0 bridgehead atoms. The molecule has 0 spiro atoms. The maximum atomic E-state index is 13.3. The normalized spacial score (nSPS) is 19.3. The number of nitrogens with zero attached hydrogens (tertiary/aromatic N) is 2. The molecule has 0 N–H and O–H groups in total. The first kappa shape index (κ1) is 20.5. The van der Waals surface area contributed by atoms with Gasteiger partial charge in [-0.3, -0.25) is 4.79 Å². The third-order valence-electron chi connectivity index (χ3n) is 6.00. The minimum atomic E-state index is 0.00303. The molecule has 0 aromatic heterocycles. The van der Waals surface area contributed by atoms with Crippen molar-refractivity contribution in [2.24, 2.45) is 0 Å². The number of fused-ring (bicyclic) bond motifs is 1. The lowest BCUT2D eigenvalue weighted by molar-refractivity contribution is -0.133. The molecular formula is C23H26Cl2N2O2. The summed E-state index contributed by atoms with van der Waals surface area (Å²) in [7, 11) is 1.71. The van der Waals surface area contributed by atoms with Gasteiger partial charge in [-0.15, -0.1) is 0 Å². The van der Waals surface area contributed by atoms with Crippen LogP contribution in [-0.2, 0) is 17.6 Å². The van der Waals surface area contributed by atoms with Gasteiger partial charge in [0.2, 0.25) is 5.91 Å². The van der Waals surface area contributed by atoms with E-state index in [1.807, 2.05) is 23.1 Å². The fourth-order valence-corrected chi connectivity index (χ4v) is 4.86. The van der Waals surface area contributed by atoms with Crippen molar-refractivity contribution < 1.29 is 9.53 Å². The summed E-state index contributed by atoms with van der Waals surface area (Å²) in [5.74, 6) is 0.989. The summed E-state index contributed by atoms with van der Waals surface area (Å²) in [5, 5.41) is 0.989. The van der Waals surface area contributed by atoms with Crippen molar-refractivity contribution in [2.45, 2.75) is 31.7 Å². The van der Waals surface area contributed by atoms with Crippen molar-refractivity contribution in [3.05, 3.63) is 63.1 Å². The fraction of sp³-hybridized carbons (Fsp3) is 0.435. The highest BCUT2D eigenvalue weighted by atomic mass is 35.5. The Balaban J connectivity index is 1.63. The van der Waals surface area contributed by atoms with Crippen LogP contribution in [0.1, 0.15) is 35.6 Å². The van der Waals surface area contributed by atoms with Crippen molar-refractivity contribution in [1.29, 1.82) is 0 Å². The summed E-state index contributed by atoms with van der Waals surface area (Å²) in [5.41, 5.74) is 3.33. The second-order valence-electron chi connectivity index (χ2n) is 7.82. The van der Waals surface area contributed by atoms with E-state index in [4.69, 9.17) is 27.9 Å². The minimum absolute atomic E-state index is 0.00303. The molecule has 2 aromatic carbocycles. The van der Waals surface area contributed by atoms with Gasteiger partial charge in [-0.1, -0.05) is 41.4 Å². The number of benzene rings is 2. The Bertz CT molecular complexity index is 882. The third kappa shape index (κ3) is 4.40. The first-order valence-corrected chi connectivity index (χ1v) is 10.9. The lowest BCUT2D eigenvalue weighted by Crippen LogP contribution is -2.45. The first-order valence-electron chi connectivity index (χ1n) is 10.2. The van der Waals surface area contributed by atoms with E-state index in [0.717, 1.165) is 49.5 Å². The van der Waals surface area contributed by atoms with Crippen LogP contribution < -0.4 is 4.74 Å². The summed E-state index contributed by atoms with van der Waals surface area (Å²) in [6.45, 7) is 3.75. The van der Waals surface area contributed by atoms with Gasteiger partial charge in [0.15, 0.2) is 0 Å². The van der Waals surface area contributed by atoms with Gasteiger partial charge in [-0.05, 0) is 61.7 Å². The molecule has 0 saturated carbocycles. The Morgan fingerprint density at radius 1 is 1.10 bits per heavy atom. The van der Waals surface area contributed by atoms with E-state index in [9.17, 15) is 4.79 Å². The summed E-state index contributed by atoms with van der Waals surface area (Å²) < 4.78 is 5.69. The molecule has 2 aromatic rings. The smallest absolute Gasteiger partial charge is 0.227 e. The summed E-state index contributed by atoms with van der Waals surface area (Å²) in [6.07, 6.45) is 3.61. The molecule has 154 valence electrons. The van der Waals surface area contributed by atoms with Crippen LogP contribution in [0.15, 0.2) is 36.4 Å². The second-order valence-corrected chi connectivity index (χ2v) is 8.63. The van der Waals surface area contributed by atoms with E-state index in [-0.39, 0.29) is 11.9 Å². The molecule has 4 rings (SSSR count). The van der Waals surface area contributed by atoms with Crippen molar-refractivity contribution >= 4 is 29.1 Å². The molecule has 29 heavy (non-hydrogen) atoms. The van der Waals surface area contributed by atoms with Crippen LogP contribution in [0.5, 0.6) is 5.75 Å². The predicted octanol–water partition coefficient (Wildman–Crippen LogP) is 4.77. The van der Waals surface area contributed by atoms with Gasteiger partial charge in [0.05, 0.1) is 29.6 Å². The lowest BCUT2D eigenvalue weighted by atomic mass is 9.90. The summed E-state index contributed by atoms with van der Waals surface area (Å²) in [6, 6.07) is 11.6. The monoisotopic (exact) mass is 432 g/mol. The van der Waals surface area contributed by atoms with Crippen LogP contribution in [0.25, 0.3) is 0 Å². The highest BCUT2D eigenvalue weighted by Gasteiger charge is 2.34. The van der Waals surface area contributed by atoms with Crippen LogP contribution in [-0.4, -0.2) is 49.0 Å². The number of likely N-dealkylation sites (tertiary alicyclic amines) is 1. The molecule has 2 aliphatic rings. The molecule has 1 unspecified atom stereocenters. The highest BCUT2D eigenvalue weighted by Crippen LogP contribution is 2.38. The largest absolute Gasteiger partial charge is 0.496 e. The van der Waals surface area contributed by atoms with Gasteiger partial charge in [-0.2, -0.15) is 0 Å². The second kappa shape index (κ2) is 8.95. The van der Waals surface area contributed by atoms with E-state index in [1.165, 1.54) is 18.4 Å². The topological polar surface area (TPSA) is 32.8 Å². The van der Waals surface area contributed by atoms with E-state index in [2.05, 4.69) is 11.0 Å². The third-order valence-corrected chi connectivity index (χ3v) is 6.74. The van der Waals surface area contributed by atoms with E-state index in [1.54, 1.807) is 19.2 Å². The van der Waals surface area contributed by atoms with Crippen LogP contribution in [0, 0.1) is 0 Å². The molecule has 1 amide bonds. The molecule has 0 radical (unpaired) electrons. The van der Waals surface area contributed by atoms with Gasteiger partial charge < -0.3 is 14.5 Å². The highest BCUT2D eigenvalue weighted by molar-refractivity contribution is 6.42. The van der Waals surface area contributed by atoms with Crippen molar-refractivity contribution in [2.75, 3.05) is 33.3 Å². The number of carbonyl (C=O) groups is 1. The number of rotatable bonds is 5. The van der Waals surface area contributed by atoms with Crippen LogP contribution >= 0.6 is 23.2 Å². The maximum absolute atomic E-state index is 13.3. The molecule has 0 aliphatic carbocycles. The maximum Gasteiger partial charge on any atom is 0.227 e. The number of halogens is 2. The number of hydrogen-bond acceptors (Lipinski definition) is 3. The minimum Gasteiger partial charge on any atom is -0.496 e. The molecule has 2 heterocycles. The molecular weight excluding hydrogens is 407 g/mol. The van der Waals surface area contributed by atoms with Crippen molar-refractivity contribution in [3.8, 4) is 5.75 Å². The van der Waals surface area contributed by atoms with Gasteiger partial charge in [0.25, 0.3) is 0 Å². The molecule has 2 aliphatic heterocycles. The zero-order valence-electron chi connectivity index (χ0n) is 16.7. The molecule has 6 heteroatoms. The zero-order valence-corrected chi connectivity index (χ0v) is 18.2. The zero-order chi connectivity index (χ0) is 20.4. The van der Waals surface area contributed by atoms with Crippen molar-refractivity contribution in [1.82, 2.24) is 9.80 Å². The summed E-state index contributed by atoms with van der Waals surface area (Å²) in [4.78, 5) is 17.8. The molecule has 1 atom stereocenters. The van der Waals surface area contributed by atoms with Crippen molar-refractivity contribution in [3.63, 3.8) is 0 Å². The van der Waals surface area contributed by atoms with Gasteiger partial charge in [0.1, 0.15) is 5.75 Å². The SMILES string of the molecule is COc1cccc2c1C(CN1CCCC1)N(C(=O)Cc1ccc(Cl)c(Cl)c1)CC2. The average Bonchev–Trinajstić information content (AvgIpc) is 3.23. The Morgan fingerprint density at radius 3 is 2.62 bits per heavy atom. The van der Waals surface area contributed by atoms with Crippen LogP contribution in [0.3, 0.4) is 0 Å². The van der Waals surface area contributed by atoms with Crippen LogP contribution in [0.2, 0.25) is 10.0 Å². The standard InChI is InChI=1S/C23H26Cl2N2O2/c1-29-21-6-4-5-17-9-12-27(20(23(17)21)15-26-10-2-3-11-26)22(28)14-16-7-8-18(24)19(25)13-16/h4-8,13,20H,2-3,9-12,14-15H2,1H3. The quantitative estimate of drug-likeness (QED) is 0.681. The number of methoxy groups -OCH3 is 1. The Kier molecular flexibility index (Phi) is 6.33. The van der Waals surface area contributed by atoms with Crippen LogP contribution in [0.4, 0.5) is 0 Å². The predicted molar refractivity (Wildman–Crippen MR) is 117 cm³/mol. The number of amides is 1. The average molecular weight is 433 g/mol. The fourth-order valence-electron chi connectivity index (χ4n) is 4.54. The van der Waals surface area contributed by atoms with E-state index in [0.29, 0.717) is 16.5 Å². The molecule has 1 fully saturated rings. The number of carbonyl (C=O) groups excluding carboxylic acids is 1. The van der Waals surface area contributed by atoms with Gasteiger partial charge in [-0.25, -0.2) is 0 Å². The Morgan fingerprint density at radius 2 is 1.90 bits per heavy atom.